The van der Waals surface area contributed by atoms with E-state index in [-0.39, 0.29) is 39.7 Å². The Kier molecular flexibility index (Phi) is 13.2. The fourth-order valence-corrected chi connectivity index (χ4v) is 7.49. The summed E-state index contributed by atoms with van der Waals surface area (Å²) < 4.78 is 23.3. The Bertz CT molecular complexity index is 1200. The zero-order chi connectivity index (χ0) is 32.5. The van der Waals surface area contributed by atoms with Gasteiger partial charge in [-0.15, -0.1) is 11.6 Å². The number of methoxy groups -OCH3 is 2. The van der Waals surface area contributed by atoms with E-state index in [1.165, 1.54) is 18.2 Å². The number of unbranched alkanes of at least 4 members (excludes halogenated alkanes) is 1. The minimum absolute atomic E-state index is 0.0389. The third-order valence-electron chi connectivity index (χ3n) is 9.56. The molecule has 5 nitrogen and oxygen atoms in total. The molecule has 0 unspecified atom stereocenters. The molecule has 0 aliphatic heterocycles. The number of rotatable bonds is 15. The first-order valence-corrected chi connectivity index (χ1v) is 19.4. The van der Waals surface area contributed by atoms with Crippen LogP contribution in [0, 0.1) is 5.92 Å². The molecule has 1 fully saturated rings. The molecule has 2 aromatic rings. The van der Waals surface area contributed by atoms with Gasteiger partial charge in [0.2, 0.25) is 0 Å². The lowest BCUT2D eigenvalue weighted by Crippen LogP contribution is -2.44. The number of alkyl halides is 1. The van der Waals surface area contributed by atoms with Crippen molar-refractivity contribution >= 4 is 25.9 Å². The Morgan fingerprint density at radius 2 is 1.64 bits per heavy atom. The first kappa shape index (κ1) is 36.3. The molecule has 0 bridgehead atoms. The average molecular weight is 643 g/mol. The number of carbonyl (C=O) groups is 1. The maximum absolute atomic E-state index is 11.4. The SMILES string of the molecule is COC(=O)CCC/C=C\C[C@@H]1[C@@H](c2ccc(C(C)(C)COCc3ccc(OC)cc3)cc2)[C@@H](O[Si](C)(C)C(C)(C)C)C[C@H]1Cl. The zero-order valence-corrected chi connectivity index (χ0v) is 30.2. The van der Waals surface area contributed by atoms with E-state index >= 15 is 0 Å². The van der Waals surface area contributed by atoms with Crippen molar-refractivity contribution < 1.29 is 23.4 Å². The molecule has 1 aliphatic rings. The predicted molar refractivity (Wildman–Crippen MR) is 184 cm³/mol. The molecule has 0 aromatic heterocycles. The molecule has 244 valence electrons. The number of allylic oxidation sites excluding steroid dienone is 2. The van der Waals surface area contributed by atoms with Crippen LogP contribution in [-0.4, -0.2) is 46.6 Å². The van der Waals surface area contributed by atoms with E-state index in [9.17, 15) is 4.79 Å². The number of carbonyl (C=O) groups excluding carboxylic acids is 1. The predicted octanol–water partition coefficient (Wildman–Crippen LogP) is 9.58. The molecule has 7 heteroatoms. The summed E-state index contributed by atoms with van der Waals surface area (Å²) >= 11 is 7.11. The number of esters is 1. The molecule has 3 rings (SSSR count). The second-order valence-electron chi connectivity index (χ2n) is 14.4. The van der Waals surface area contributed by atoms with Crippen molar-refractivity contribution in [2.75, 3.05) is 20.8 Å². The van der Waals surface area contributed by atoms with Gasteiger partial charge < -0.3 is 18.6 Å². The average Bonchev–Trinajstić information content (AvgIpc) is 3.27. The Labute approximate surface area is 272 Å². The second kappa shape index (κ2) is 15.9. The van der Waals surface area contributed by atoms with Crippen molar-refractivity contribution in [2.24, 2.45) is 5.92 Å². The fourth-order valence-electron chi connectivity index (χ4n) is 5.70. The summed E-state index contributed by atoms with van der Waals surface area (Å²) in [5.41, 5.74) is 3.53. The van der Waals surface area contributed by atoms with Gasteiger partial charge in [0.05, 0.1) is 33.5 Å². The molecule has 1 aliphatic carbocycles. The quantitative estimate of drug-likeness (QED) is 0.0636. The number of halogens is 1. The standard InChI is InChI=1S/C37H55ClO5Si/c1-36(2,3)44(8,9)43-33-24-32(38)31(14-12-10-11-13-15-34(39)41-7)35(33)28-18-20-29(21-19-28)37(4,5)26-42-25-27-16-22-30(40-6)23-17-27/h10,12,16-23,31-33,35H,11,13-15,24-26H2,1-9H3/b12-10-/t31-,32+,33-,35+/m0/s1. The lowest BCUT2D eigenvalue weighted by atomic mass is 9.81. The molecule has 0 N–H and O–H groups in total. The Hall–Kier alpha value is -2.12. The molecular formula is C37H55ClO5Si. The molecule has 2 aromatic carbocycles. The van der Waals surface area contributed by atoms with Crippen LogP contribution in [-0.2, 0) is 30.7 Å². The van der Waals surface area contributed by atoms with Crippen LogP contribution < -0.4 is 4.74 Å². The first-order valence-electron chi connectivity index (χ1n) is 16.0. The van der Waals surface area contributed by atoms with Crippen LogP contribution in [0.3, 0.4) is 0 Å². The van der Waals surface area contributed by atoms with E-state index in [0.717, 1.165) is 37.0 Å². The number of hydrogen-bond donors (Lipinski definition) is 0. The highest BCUT2D eigenvalue weighted by Gasteiger charge is 2.48. The normalized spacial score (nSPS) is 21.1. The van der Waals surface area contributed by atoms with Crippen molar-refractivity contribution in [1.29, 1.82) is 0 Å². The van der Waals surface area contributed by atoms with Gasteiger partial charge in [-0.05, 0) is 78.6 Å². The molecule has 0 radical (unpaired) electrons. The minimum Gasteiger partial charge on any atom is -0.497 e. The van der Waals surface area contributed by atoms with Crippen molar-refractivity contribution in [3.05, 3.63) is 77.4 Å². The van der Waals surface area contributed by atoms with Gasteiger partial charge >= 0.3 is 5.97 Å². The van der Waals surface area contributed by atoms with Gasteiger partial charge in [0.25, 0.3) is 0 Å². The molecule has 0 amide bonds. The monoisotopic (exact) mass is 642 g/mol. The van der Waals surface area contributed by atoms with Gasteiger partial charge in [-0.2, -0.15) is 0 Å². The van der Waals surface area contributed by atoms with Gasteiger partial charge in [-0.3, -0.25) is 4.79 Å². The highest BCUT2D eigenvalue weighted by Crippen LogP contribution is 2.49. The van der Waals surface area contributed by atoms with Gasteiger partial charge in [0.15, 0.2) is 8.32 Å². The summed E-state index contributed by atoms with van der Waals surface area (Å²) in [5.74, 6) is 1.18. The van der Waals surface area contributed by atoms with Crippen LogP contribution >= 0.6 is 11.6 Å². The molecule has 0 heterocycles. The summed E-state index contributed by atoms with van der Waals surface area (Å²) in [4.78, 5) is 11.4. The Morgan fingerprint density at radius 1 is 0.977 bits per heavy atom. The molecule has 44 heavy (non-hydrogen) atoms. The molecule has 0 spiro atoms. The lowest BCUT2D eigenvalue weighted by molar-refractivity contribution is -0.140. The summed E-state index contributed by atoms with van der Waals surface area (Å²) in [5, 5.41) is 0.161. The van der Waals surface area contributed by atoms with Crippen molar-refractivity contribution in [3.63, 3.8) is 0 Å². The van der Waals surface area contributed by atoms with Gasteiger partial charge in [0, 0.05) is 23.1 Å². The van der Waals surface area contributed by atoms with Crippen molar-refractivity contribution in [3.8, 4) is 5.75 Å². The fraction of sp³-hybridized carbons (Fsp3) is 0.595. The van der Waals surface area contributed by atoms with Crippen molar-refractivity contribution in [1.82, 2.24) is 0 Å². The Balaban J connectivity index is 1.74. The van der Waals surface area contributed by atoms with Gasteiger partial charge in [-0.1, -0.05) is 83.2 Å². The van der Waals surface area contributed by atoms with E-state index in [1.807, 2.05) is 24.3 Å². The number of ether oxygens (including phenoxy) is 3. The van der Waals surface area contributed by atoms with Crippen LogP contribution in [0.1, 0.15) is 89.3 Å². The third-order valence-corrected chi connectivity index (χ3v) is 14.6. The minimum atomic E-state index is -2.00. The lowest BCUT2D eigenvalue weighted by Gasteiger charge is -2.40. The van der Waals surface area contributed by atoms with Crippen molar-refractivity contribution in [2.45, 2.75) is 114 Å². The maximum Gasteiger partial charge on any atom is 0.305 e. The maximum atomic E-state index is 11.4. The summed E-state index contributed by atoms with van der Waals surface area (Å²) in [6, 6.07) is 17.1. The van der Waals surface area contributed by atoms with Crippen LogP contribution in [0.2, 0.25) is 18.1 Å². The molecule has 1 saturated carbocycles. The summed E-state index contributed by atoms with van der Waals surface area (Å²) in [6.45, 7) is 17.2. The molecular weight excluding hydrogens is 588 g/mol. The van der Waals surface area contributed by atoms with Crippen LogP contribution in [0.4, 0.5) is 0 Å². The largest absolute Gasteiger partial charge is 0.497 e. The molecule has 4 atom stereocenters. The number of benzene rings is 2. The van der Waals surface area contributed by atoms with Crippen LogP contribution in [0.15, 0.2) is 60.7 Å². The summed E-state index contributed by atoms with van der Waals surface area (Å²) in [6.07, 6.45) is 8.35. The highest BCUT2D eigenvalue weighted by atomic mass is 35.5. The second-order valence-corrected chi connectivity index (χ2v) is 19.7. The zero-order valence-electron chi connectivity index (χ0n) is 28.5. The van der Waals surface area contributed by atoms with Crippen LogP contribution in [0.5, 0.6) is 5.75 Å². The van der Waals surface area contributed by atoms with E-state index < -0.39 is 8.32 Å². The number of hydrogen-bond acceptors (Lipinski definition) is 5. The van der Waals surface area contributed by atoms with Crippen LogP contribution in [0.25, 0.3) is 0 Å². The van der Waals surface area contributed by atoms with E-state index in [1.54, 1.807) is 7.11 Å². The van der Waals surface area contributed by atoms with Gasteiger partial charge in [-0.25, -0.2) is 0 Å². The smallest absolute Gasteiger partial charge is 0.305 e. The van der Waals surface area contributed by atoms with E-state index in [4.69, 9.17) is 30.2 Å². The summed E-state index contributed by atoms with van der Waals surface area (Å²) in [7, 11) is 1.11. The van der Waals surface area contributed by atoms with Gasteiger partial charge in [0.1, 0.15) is 5.75 Å². The first-order chi connectivity index (χ1) is 20.7. The molecule has 0 saturated heterocycles. The highest BCUT2D eigenvalue weighted by molar-refractivity contribution is 6.74. The van der Waals surface area contributed by atoms with E-state index in [0.29, 0.717) is 19.6 Å². The third kappa shape index (κ3) is 9.94. The Morgan fingerprint density at radius 3 is 2.23 bits per heavy atom. The van der Waals surface area contributed by atoms with E-state index in [2.05, 4.69) is 84.1 Å². The topological polar surface area (TPSA) is 54.0 Å².